The number of amides is 1. The fourth-order valence-electron chi connectivity index (χ4n) is 7.96. The molecular formula is C36H41N3O7. The Hall–Kier alpha value is -3.89. The first-order valence-electron chi connectivity index (χ1n) is 16.6. The van der Waals surface area contributed by atoms with Gasteiger partial charge in [0.25, 0.3) is 5.56 Å². The molecule has 4 heterocycles. The van der Waals surface area contributed by atoms with Crippen LogP contribution in [0.15, 0.2) is 16.9 Å². The molecule has 2 aromatic heterocycles. The van der Waals surface area contributed by atoms with Gasteiger partial charge in [0.05, 0.1) is 35.1 Å². The van der Waals surface area contributed by atoms with Crippen LogP contribution in [0.2, 0.25) is 0 Å². The molecule has 2 atom stereocenters. The molecule has 10 nitrogen and oxygen atoms in total. The van der Waals surface area contributed by atoms with Crippen LogP contribution in [0.1, 0.15) is 104 Å². The predicted molar refractivity (Wildman–Crippen MR) is 170 cm³/mol. The Bertz CT molecular complexity index is 1870. The van der Waals surface area contributed by atoms with Gasteiger partial charge in [-0.05, 0) is 92.7 Å². The number of nitrogens with one attached hydrogen (secondary N) is 1. The van der Waals surface area contributed by atoms with Gasteiger partial charge in [0.1, 0.15) is 19.1 Å². The lowest BCUT2D eigenvalue weighted by Crippen LogP contribution is -2.44. The highest BCUT2D eigenvalue weighted by molar-refractivity contribution is 5.95. The van der Waals surface area contributed by atoms with Gasteiger partial charge < -0.3 is 24.5 Å². The van der Waals surface area contributed by atoms with E-state index in [9.17, 15) is 24.3 Å². The number of hydrogen-bond acceptors (Lipinski definition) is 8. The SMILES string of the molecule is CCCC(=O)NCOC1CC(C(=O)CC2CCc3c(C)c(C)cc4nc5c(c2c34)Cn2c-5cc3c(c2=O)COC(=O)[C@]3(O)CC)C1. The van der Waals surface area contributed by atoms with E-state index in [4.69, 9.17) is 14.5 Å². The zero-order chi connectivity index (χ0) is 32.5. The minimum atomic E-state index is -1.89. The first-order chi connectivity index (χ1) is 22.0. The van der Waals surface area contributed by atoms with E-state index in [0.29, 0.717) is 54.7 Å². The Labute approximate surface area is 267 Å². The molecule has 0 spiro atoms. The number of hydrogen-bond donors (Lipinski definition) is 2. The first-order valence-corrected chi connectivity index (χ1v) is 16.6. The number of Topliss-reactive ketones (excluding diaryl/α,β-unsaturated/α-hetero) is 1. The van der Waals surface area contributed by atoms with Gasteiger partial charge in [0, 0.05) is 35.3 Å². The lowest BCUT2D eigenvalue weighted by molar-refractivity contribution is -0.172. The van der Waals surface area contributed by atoms with Crippen molar-refractivity contribution in [3.63, 3.8) is 0 Å². The number of esters is 1. The minimum Gasteiger partial charge on any atom is -0.458 e. The number of nitrogens with zero attached hydrogens (tertiary/aromatic N) is 2. The topological polar surface area (TPSA) is 137 Å². The smallest absolute Gasteiger partial charge is 0.343 e. The van der Waals surface area contributed by atoms with Gasteiger partial charge in [0.2, 0.25) is 5.91 Å². The fraction of sp³-hybridized carbons (Fsp3) is 0.528. The number of carbonyl (C=O) groups is 3. The van der Waals surface area contributed by atoms with E-state index in [0.717, 1.165) is 46.9 Å². The Kier molecular flexibility index (Phi) is 7.63. The predicted octanol–water partition coefficient (Wildman–Crippen LogP) is 4.35. The van der Waals surface area contributed by atoms with Crippen molar-refractivity contribution in [2.75, 3.05) is 6.73 Å². The van der Waals surface area contributed by atoms with Crippen LogP contribution in [0.25, 0.3) is 22.3 Å². The van der Waals surface area contributed by atoms with Crippen LogP contribution in [0.3, 0.4) is 0 Å². The normalized spacial score (nSPS) is 24.1. The number of cyclic esters (lactones) is 1. The molecule has 0 bridgehead atoms. The van der Waals surface area contributed by atoms with Crippen LogP contribution < -0.4 is 10.9 Å². The highest BCUT2D eigenvalue weighted by Crippen LogP contribution is 2.48. The second-order valence-corrected chi connectivity index (χ2v) is 13.5. The van der Waals surface area contributed by atoms with Gasteiger partial charge in [-0.15, -0.1) is 0 Å². The lowest BCUT2D eigenvalue weighted by atomic mass is 9.72. The summed E-state index contributed by atoms with van der Waals surface area (Å²) < 4.78 is 12.7. The summed E-state index contributed by atoms with van der Waals surface area (Å²) in [6, 6.07) is 3.84. The number of fused-ring (bicyclic) bond motifs is 5. The molecule has 0 saturated heterocycles. The number of aromatic nitrogens is 2. The molecule has 1 saturated carbocycles. The van der Waals surface area contributed by atoms with E-state index in [1.807, 2.05) is 6.92 Å². The zero-order valence-corrected chi connectivity index (χ0v) is 27.0. The van der Waals surface area contributed by atoms with Crippen molar-refractivity contribution >= 4 is 28.6 Å². The molecule has 1 aromatic carbocycles. The summed E-state index contributed by atoms with van der Waals surface area (Å²) in [5.74, 6) is -0.643. The standard InChI is InChI=1S/C36H41N3O7/c1-5-7-30(41)37-17-46-22-11-21(12-22)29(40)13-20-8-9-23-19(4)18(3)10-27-32(23)31(20)24-15-39-28(33(24)38-27)14-26-25(34(39)42)16-45-35(43)36(26,44)6-2/h10,14,20-22,44H,5-9,11-13,15-17H2,1-4H3,(H,37,41)/t20?,21?,22?,36-/m0/s1. The van der Waals surface area contributed by atoms with Crippen LogP contribution >= 0.6 is 0 Å². The molecule has 7 rings (SSSR count). The van der Waals surface area contributed by atoms with Gasteiger partial charge in [-0.1, -0.05) is 13.8 Å². The van der Waals surface area contributed by atoms with Gasteiger partial charge >= 0.3 is 5.97 Å². The number of rotatable bonds is 9. The molecule has 1 amide bonds. The monoisotopic (exact) mass is 627 g/mol. The second kappa shape index (κ2) is 11.4. The molecule has 2 aliphatic heterocycles. The van der Waals surface area contributed by atoms with Crippen molar-refractivity contribution in [2.24, 2.45) is 5.92 Å². The maximum atomic E-state index is 13.9. The van der Waals surface area contributed by atoms with Crippen molar-refractivity contribution < 1.29 is 29.0 Å². The molecule has 0 radical (unpaired) electrons. The third-order valence-electron chi connectivity index (χ3n) is 10.9. The van der Waals surface area contributed by atoms with Gasteiger partial charge in [-0.25, -0.2) is 9.78 Å². The summed E-state index contributed by atoms with van der Waals surface area (Å²) in [6.07, 6.45) is 4.70. The van der Waals surface area contributed by atoms with Crippen LogP contribution in [0.5, 0.6) is 0 Å². The lowest BCUT2D eigenvalue weighted by Gasteiger charge is -2.36. The van der Waals surface area contributed by atoms with E-state index in [1.165, 1.54) is 11.1 Å². The Morgan fingerprint density at radius 2 is 1.93 bits per heavy atom. The summed E-state index contributed by atoms with van der Waals surface area (Å²) in [6.45, 7) is 8.18. The second-order valence-electron chi connectivity index (χ2n) is 13.5. The molecule has 4 aliphatic rings. The number of ether oxygens (including phenoxy) is 2. The highest BCUT2D eigenvalue weighted by atomic mass is 16.6. The maximum Gasteiger partial charge on any atom is 0.343 e. The average Bonchev–Trinajstić information content (AvgIpc) is 3.38. The van der Waals surface area contributed by atoms with Crippen LogP contribution in [-0.4, -0.2) is 45.2 Å². The van der Waals surface area contributed by atoms with Crippen molar-refractivity contribution in [1.29, 1.82) is 0 Å². The number of aryl methyl sites for hydroxylation is 2. The van der Waals surface area contributed by atoms with Crippen molar-refractivity contribution in [2.45, 2.75) is 110 Å². The fourth-order valence-corrected chi connectivity index (χ4v) is 7.96. The molecule has 3 aromatic rings. The first kappa shape index (κ1) is 30.7. The number of benzene rings is 1. The Balaban J connectivity index is 1.23. The average molecular weight is 628 g/mol. The maximum absolute atomic E-state index is 13.9. The molecule has 10 heteroatoms. The van der Waals surface area contributed by atoms with Gasteiger partial charge in [-0.2, -0.15) is 0 Å². The minimum absolute atomic E-state index is 0.0215. The summed E-state index contributed by atoms with van der Waals surface area (Å²) in [5, 5.41) is 15.2. The molecule has 1 fully saturated rings. The van der Waals surface area contributed by atoms with Crippen LogP contribution in [-0.2, 0) is 49.0 Å². The van der Waals surface area contributed by atoms with E-state index in [1.54, 1.807) is 17.6 Å². The number of pyridine rings is 2. The highest BCUT2D eigenvalue weighted by Gasteiger charge is 2.46. The third-order valence-corrected chi connectivity index (χ3v) is 10.9. The number of aliphatic hydroxyl groups is 1. The third kappa shape index (κ3) is 4.71. The summed E-state index contributed by atoms with van der Waals surface area (Å²) in [4.78, 5) is 57.1. The molecular weight excluding hydrogens is 586 g/mol. The van der Waals surface area contributed by atoms with Crippen molar-refractivity contribution in [1.82, 2.24) is 14.9 Å². The largest absolute Gasteiger partial charge is 0.458 e. The Morgan fingerprint density at radius 1 is 1.15 bits per heavy atom. The van der Waals surface area contributed by atoms with Gasteiger partial charge in [0.15, 0.2) is 5.60 Å². The quantitative estimate of drug-likeness (QED) is 0.206. The molecule has 1 unspecified atom stereocenters. The molecule has 2 N–H and O–H groups in total. The van der Waals surface area contributed by atoms with E-state index < -0.39 is 11.6 Å². The summed E-state index contributed by atoms with van der Waals surface area (Å²) in [5.41, 5.74) is 6.19. The van der Waals surface area contributed by atoms with Crippen molar-refractivity contribution in [3.05, 3.63) is 61.4 Å². The van der Waals surface area contributed by atoms with E-state index >= 15 is 0 Å². The molecule has 2 aliphatic carbocycles. The van der Waals surface area contributed by atoms with Crippen molar-refractivity contribution in [3.8, 4) is 11.4 Å². The Morgan fingerprint density at radius 3 is 2.67 bits per heavy atom. The summed E-state index contributed by atoms with van der Waals surface area (Å²) >= 11 is 0. The van der Waals surface area contributed by atoms with E-state index in [-0.39, 0.29) is 54.9 Å². The molecule has 242 valence electrons. The van der Waals surface area contributed by atoms with E-state index in [2.05, 4.69) is 25.2 Å². The summed E-state index contributed by atoms with van der Waals surface area (Å²) in [7, 11) is 0. The van der Waals surface area contributed by atoms with Gasteiger partial charge in [-0.3, -0.25) is 14.4 Å². The van der Waals surface area contributed by atoms with Crippen LogP contribution in [0, 0.1) is 19.8 Å². The number of ketones is 1. The number of carbonyl (C=O) groups excluding carboxylic acids is 3. The molecule has 46 heavy (non-hydrogen) atoms. The van der Waals surface area contributed by atoms with Crippen LogP contribution in [0.4, 0.5) is 0 Å². The zero-order valence-electron chi connectivity index (χ0n) is 27.0.